The van der Waals surface area contributed by atoms with Crippen molar-refractivity contribution in [1.29, 1.82) is 0 Å². The fourth-order valence-electron chi connectivity index (χ4n) is 4.16. The molecule has 0 saturated heterocycles. The van der Waals surface area contributed by atoms with Crippen LogP contribution < -0.4 is 5.73 Å². The third kappa shape index (κ3) is 1.63. The Bertz CT molecular complexity index is 431. The quantitative estimate of drug-likeness (QED) is 0.839. The zero-order valence-corrected chi connectivity index (χ0v) is 11.2. The van der Waals surface area contributed by atoms with Crippen LogP contribution in [0.4, 0.5) is 0 Å². The third-order valence-electron chi connectivity index (χ3n) is 5.32. The van der Waals surface area contributed by atoms with Gasteiger partial charge in [0, 0.05) is 24.8 Å². The molecular weight excluding hydrogens is 222 g/mol. The van der Waals surface area contributed by atoms with Crippen LogP contribution in [0.25, 0.3) is 0 Å². The van der Waals surface area contributed by atoms with Crippen molar-refractivity contribution in [3.63, 3.8) is 0 Å². The topological polar surface area (TPSA) is 46.2 Å². The number of nitrogens with two attached hydrogens (primary N) is 1. The van der Waals surface area contributed by atoms with E-state index in [1.807, 2.05) is 0 Å². The van der Waals surface area contributed by atoms with Crippen molar-refractivity contribution in [2.45, 2.75) is 44.6 Å². The van der Waals surface area contributed by atoms with Gasteiger partial charge in [-0.2, -0.15) is 0 Å². The van der Waals surface area contributed by atoms with Gasteiger partial charge < -0.3 is 10.8 Å². The number of rotatable bonds is 2. The molecule has 0 amide bonds. The minimum absolute atomic E-state index is 0.0641. The molecule has 98 valence electrons. The van der Waals surface area contributed by atoms with E-state index in [9.17, 15) is 5.11 Å². The summed E-state index contributed by atoms with van der Waals surface area (Å²) in [5.74, 6) is 0.696. The molecular formula is C16H23NO. The molecule has 1 aromatic carbocycles. The maximum atomic E-state index is 11.2. The lowest BCUT2D eigenvalue weighted by Crippen LogP contribution is -2.52. The standard InChI is InChI=1S/C16H23NO/c1-12-6-7-15(8-12,11-17)16(18)9-13-4-2-3-5-14(13)10-16/h2-5,12,18H,6-11,17H2,1H3. The van der Waals surface area contributed by atoms with E-state index >= 15 is 0 Å². The maximum absolute atomic E-state index is 11.2. The van der Waals surface area contributed by atoms with Gasteiger partial charge in [-0.1, -0.05) is 37.6 Å². The van der Waals surface area contributed by atoms with Crippen molar-refractivity contribution in [3.05, 3.63) is 35.4 Å². The molecule has 0 radical (unpaired) electrons. The predicted octanol–water partition coefficient (Wildman–Crippen LogP) is 2.28. The number of hydrogen-bond donors (Lipinski definition) is 2. The molecule has 18 heavy (non-hydrogen) atoms. The molecule has 2 unspecified atom stereocenters. The minimum atomic E-state index is -0.615. The second kappa shape index (κ2) is 4.07. The third-order valence-corrected chi connectivity index (χ3v) is 5.32. The number of fused-ring (bicyclic) bond motifs is 1. The molecule has 2 aliphatic rings. The number of benzene rings is 1. The summed E-state index contributed by atoms with van der Waals surface area (Å²) in [6, 6.07) is 8.43. The molecule has 1 saturated carbocycles. The summed E-state index contributed by atoms with van der Waals surface area (Å²) >= 11 is 0. The molecule has 0 bridgehead atoms. The van der Waals surface area contributed by atoms with Crippen LogP contribution in [-0.2, 0) is 12.8 Å². The summed E-state index contributed by atoms with van der Waals surface area (Å²) in [6.07, 6.45) is 4.93. The van der Waals surface area contributed by atoms with Crippen LogP contribution in [0.3, 0.4) is 0 Å². The van der Waals surface area contributed by atoms with E-state index in [0.717, 1.165) is 25.7 Å². The van der Waals surface area contributed by atoms with Gasteiger partial charge in [0.15, 0.2) is 0 Å². The van der Waals surface area contributed by atoms with E-state index in [2.05, 4.69) is 31.2 Å². The molecule has 2 nitrogen and oxygen atoms in total. The van der Waals surface area contributed by atoms with Gasteiger partial charge >= 0.3 is 0 Å². The largest absolute Gasteiger partial charge is 0.389 e. The van der Waals surface area contributed by atoms with Crippen LogP contribution in [0, 0.1) is 11.3 Å². The Labute approximate surface area is 109 Å². The highest BCUT2D eigenvalue weighted by atomic mass is 16.3. The summed E-state index contributed by atoms with van der Waals surface area (Å²) in [5, 5.41) is 11.2. The smallest absolute Gasteiger partial charge is 0.0796 e. The van der Waals surface area contributed by atoms with E-state index in [1.54, 1.807) is 0 Å². The van der Waals surface area contributed by atoms with Gasteiger partial charge in [0.2, 0.25) is 0 Å². The van der Waals surface area contributed by atoms with Gasteiger partial charge in [-0.15, -0.1) is 0 Å². The molecule has 2 atom stereocenters. The lowest BCUT2D eigenvalue weighted by molar-refractivity contribution is -0.0716. The average molecular weight is 245 g/mol. The van der Waals surface area contributed by atoms with Crippen molar-refractivity contribution >= 4 is 0 Å². The van der Waals surface area contributed by atoms with E-state index in [1.165, 1.54) is 17.5 Å². The SMILES string of the molecule is CC1CCC(CN)(C2(O)Cc3ccccc3C2)C1. The first kappa shape index (κ1) is 12.2. The van der Waals surface area contributed by atoms with Crippen molar-refractivity contribution in [3.8, 4) is 0 Å². The highest BCUT2D eigenvalue weighted by molar-refractivity contribution is 5.37. The zero-order chi connectivity index (χ0) is 12.8. The average Bonchev–Trinajstić information content (AvgIpc) is 2.90. The second-order valence-electron chi connectivity index (χ2n) is 6.49. The van der Waals surface area contributed by atoms with Crippen LogP contribution in [0.2, 0.25) is 0 Å². The summed E-state index contributed by atoms with van der Waals surface area (Å²) in [4.78, 5) is 0. The van der Waals surface area contributed by atoms with Crippen LogP contribution in [-0.4, -0.2) is 17.3 Å². The van der Waals surface area contributed by atoms with Crippen molar-refractivity contribution < 1.29 is 5.11 Å². The molecule has 0 heterocycles. The molecule has 2 aliphatic carbocycles. The van der Waals surface area contributed by atoms with E-state index in [-0.39, 0.29) is 5.41 Å². The molecule has 3 rings (SSSR count). The van der Waals surface area contributed by atoms with E-state index in [4.69, 9.17) is 5.73 Å². The fourth-order valence-corrected chi connectivity index (χ4v) is 4.16. The first-order valence-corrected chi connectivity index (χ1v) is 7.08. The summed E-state index contributed by atoms with van der Waals surface area (Å²) in [6.45, 7) is 2.89. The Balaban J connectivity index is 1.93. The molecule has 1 fully saturated rings. The van der Waals surface area contributed by atoms with Gasteiger partial charge in [-0.25, -0.2) is 0 Å². The minimum Gasteiger partial charge on any atom is -0.389 e. The Kier molecular flexibility index (Phi) is 2.76. The Morgan fingerprint density at radius 3 is 2.33 bits per heavy atom. The predicted molar refractivity (Wildman–Crippen MR) is 73.3 cm³/mol. The van der Waals surface area contributed by atoms with Gasteiger partial charge in [-0.3, -0.25) is 0 Å². The van der Waals surface area contributed by atoms with Gasteiger partial charge in [0.05, 0.1) is 5.60 Å². The molecule has 0 spiro atoms. The molecule has 1 aromatic rings. The molecule has 2 heteroatoms. The first-order valence-electron chi connectivity index (χ1n) is 7.08. The second-order valence-corrected chi connectivity index (χ2v) is 6.49. The molecule has 0 aromatic heterocycles. The van der Waals surface area contributed by atoms with Crippen molar-refractivity contribution in [2.24, 2.45) is 17.1 Å². The first-order chi connectivity index (χ1) is 8.59. The van der Waals surface area contributed by atoms with Crippen LogP contribution in [0.5, 0.6) is 0 Å². The van der Waals surface area contributed by atoms with E-state index < -0.39 is 5.60 Å². The molecule has 0 aliphatic heterocycles. The summed E-state index contributed by atoms with van der Waals surface area (Å²) in [7, 11) is 0. The number of hydrogen-bond acceptors (Lipinski definition) is 2. The Morgan fingerprint density at radius 2 is 1.89 bits per heavy atom. The van der Waals surface area contributed by atoms with Crippen LogP contribution in [0.15, 0.2) is 24.3 Å². The lowest BCUT2D eigenvalue weighted by atomic mass is 9.68. The van der Waals surface area contributed by atoms with Crippen LogP contribution in [0.1, 0.15) is 37.3 Å². The highest BCUT2D eigenvalue weighted by Gasteiger charge is 2.54. The highest BCUT2D eigenvalue weighted by Crippen LogP contribution is 2.53. The molecule has 3 N–H and O–H groups in total. The van der Waals surface area contributed by atoms with E-state index in [0.29, 0.717) is 12.5 Å². The normalized spacial score (nSPS) is 33.6. The summed E-state index contributed by atoms with van der Waals surface area (Å²) < 4.78 is 0. The van der Waals surface area contributed by atoms with Crippen molar-refractivity contribution in [1.82, 2.24) is 0 Å². The lowest BCUT2D eigenvalue weighted by Gasteiger charge is -2.42. The van der Waals surface area contributed by atoms with Gasteiger partial charge in [0.1, 0.15) is 0 Å². The Morgan fingerprint density at radius 1 is 1.28 bits per heavy atom. The zero-order valence-electron chi connectivity index (χ0n) is 11.2. The summed E-state index contributed by atoms with van der Waals surface area (Å²) in [5.41, 5.74) is 8.02. The fraction of sp³-hybridized carbons (Fsp3) is 0.625. The van der Waals surface area contributed by atoms with Crippen LogP contribution >= 0.6 is 0 Å². The Hall–Kier alpha value is -0.860. The van der Waals surface area contributed by atoms with Gasteiger partial charge in [-0.05, 0) is 29.9 Å². The monoisotopic (exact) mass is 245 g/mol. The number of aliphatic hydroxyl groups is 1. The van der Waals surface area contributed by atoms with Gasteiger partial charge in [0.25, 0.3) is 0 Å². The maximum Gasteiger partial charge on any atom is 0.0796 e. The van der Waals surface area contributed by atoms with Crippen molar-refractivity contribution in [2.75, 3.05) is 6.54 Å².